The first kappa shape index (κ1) is 16.4. The monoisotopic (exact) mass is 327 g/mol. The third kappa shape index (κ3) is 4.78. The lowest BCUT2D eigenvalue weighted by molar-refractivity contribution is -0.115. The SMILES string of the molecule is O=C(Cc1cccc(F)c1)Nc1ccc(NC2CCCCC2)nc1. The summed E-state index contributed by atoms with van der Waals surface area (Å²) in [6, 6.07) is 10.3. The number of hydrogen-bond donors (Lipinski definition) is 2. The third-order valence-electron chi connectivity index (χ3n) is 4.26. The van der Waals surface area contributed by atoms with Gasteiger partial charge in [0.1, 0.15) is 11.6 Å². The van der Waals surface area contributed by atoms with Crippen molar-refractivity contribution in [1.29, 1.82) is 0 Å². The van der Waals surface area contributed by atoms with E-state index in [9.17, 15) is 9.18 Å². The predicted molar refractivity (Wildman–Crippen MR) is 93.5 cm³/mol. The summed E-state index contributed by atoms with van der Waals surface area (Å²) in [5, 5.41) is 6.23. The number of nitrogens with zero attached hydrogens (tertiary/aromatic N) is 1. The van der Waals surface area contributed by atoms with Gasteiger partial charge in [0.25, 0.3) is 0 Å². The number of carbonyl (C=O) groups is 1. The van der Waals surface area contributed by atoms with Gasteiger partial charge < -0.3 is 10.6 Å². The minimum atomic E-state index is -0.333. The maximum absolute atomic E-state index is 13.1. The van der Waals surface area contributed by atoms with Crippen LogP contribution in [0.4, 0.5) is 15.9 Å². The van der Waals surface area contributed by atoms with E-state index in [4.69, 9.17) is 0 Å². The minimum Gasteiger partial charge on any atom is -0.367 e. The van der Waals surface area contributed by atoms with Crippen LogP contribution in [0.1, 0.15) is 37.7 Å². The zero-order chi connectivity index (χ0) is 16.8. The molecule has 1 aliphatic carbocycles. The summed E-state index contributed by atoms with van der Waals surface area (Å²) in [6.07, 6.45) is 8.02. The topological polar surface area (TPSA) is 54.0 Å². The Kier molecular flexibility index (Phi) is 5.41. The predicted octanol–water partition coefficient (Wildman–Crippen LogP) is 4.15. The van der Waals surface area contributed by atoms with Crippen LogP contribution in [0.5, 0.6) is 0 Å². The molecule has 0 unspecified atom stereocenters. The number of carbonyl (C=O) groups excluding carboxylic acids is 1. The Morgan fingerprint density at radius 3 is 2.71 bits per heavy atom. The summed E-state index contributed by atoms with van der Waals surface area (Å²) in [7, 11) is 0. The van der Waals surface area contributed by atoms with Gasteiger partial charge in [-0.1, -0.05) is 31.4 Å². The second-order valence-corrected chi connectivity index (χ2v) is 6.27. The molecule has 2 N–H and O–H groups in total. The highest BCUT2D eigenvalue weighted by Gasteiger charge is 2.13. The van der Waals surface area contributed by atoms with Crippen molar-refractivity contribution in [3.8, 4) is 0 Å². The van der Waals surface area contributed by atoms with Crippen LogP contribution in [-0.4, -0.2) is 16.9 Å². The summed E-state index contributed by atoms with van der Waals surface area (Å²) in [5.74, 6) is 0.320. The Morgan fingerprint density at radius 2 is 2.00 bits per heavy atom. The summed E-state index contributed by atoms with van der Waals surface area (Å²) in [5.41, 5.74) is 1.29. The van der Waals surface area contributed by atoms with Gasteiger partial charge >= 0.3 is 0 Å². The molecule has 1 aromatic heterocycles. The van der Waals surface area contributed by atoms with Crippen LogP contribution in [0, 0.1) is 5.82 Å². The van der Waals surface area contributed by atoms with E-state index >= 15 is 0 Å². The first-order valence-electron chi connectivity index (χ1n) is 8.46. The van der Waals surface area contributed by atoms with E-state index in [1.807, 2.05) is 12.1 Å². The highest BCUT2D eigenvalue weighted by Crippen LogP contribution is 2.21. The van der Waals surface area contributed by atoms with Crippen molar-refractivity contribution in [2.24, 2.45) is 0 Å². The average Bonchev–Trinajstić information content (AvgIpc) is 2.57. The lowest BCUT2D eigenvalue weighted by Gasteiger charge is -2.23. The number of pyridine rings is 1. The number of amides is 1. The Hall–Kier alpha value is -2.43. The fourth-order valence-corrected chi connectivity index (χ4v) is 3.05. The van der Waals surface area contributed by atoms with Gasteiger partial charge in [0, 0.05) is 6.04 Å². The van der Waals surface area contributed by atoms with Gasteiger partial charge in [0.2, 0.25) is 5.91 Å². The van der Waals surface area contributed by atoms with Crippen molar-refractivity contribution in [3.05, 3.63) is 54.0 Å². The zero-order valence-electron chi connectivity index (χ0n) is 13.6. The van der Waals surface area contributed by atoms with Gasteiger partial charge in [-0.25, -0.2) is 9.37 Å². The van der Waals surface area contributed by atoms with E-state index in [1.165, 1.54) is 44.2 Å². The molecule has 1 saturated carbocycles. The standard InChI is InChI=1S/C19H22FN3O/c20-15-6-4-5-14(11-15)12-19(24)23-17-9-10-18(21-13-17)22-16-7-2-1-3-8-16/h4-6,9-11,13,16H,1-3,7-8,12H2,(H,21,22)(H,23,24). The Morgan fingerprint density at radius 1 is 1.17 bits per heavy atom. The van der Waals surface area contributed by atoms with Crippen molar-refractivity contribution >= 4 is 17.4 Å². The largest absolute Gasteiger partial charge is 0.367 e. The van der Waals surface area contributed by atoms with Gasteiger partial charge in [-0.15, -0.1) is 0 Å². The normalized spacial score (nSPS) is 15.0. The smallest absolute Gasteiger partial charge is 0.228 e. The quantitative estimate of drug-likeness (QED) is 0.867. The van der Waals surface area contributed by atoms with E-state index in [0.717, 1.165) is 5.82 Å². The van der Waals surface area contributed by atoms with E-state index in [2.05, 4.69) is 15.6 Å². The average molecular weight is 327 g/mol. The third-order valence-corrected chi connectivity index (χ3v) is 4.26. The van der Waals surface area contributed by atoms with Crippen molar-refractivity contribution in [2.75, 3.05) is 10.6 Å². The number of aromatic nitrogens is 1. The summed E-state index contributed by atoms with van der Waals surface area (Å²) >= 11 is 0. The van der Waals surface area contributed by atoms with Crippen LogP contribution in [0.2, 0.25) is 0 Å². The molecule has 1 aliphatic rings. The molecule has 0 aliphatic heterocycles. The molecule has 1 amide bonds. The van der Waals surface area contributed by atoms with E-state index in [1.54, 1.807) is 18.3 Å². The van der Waals surface area contributed by atoms with E-state index in [0.29, 0.717) is 17.3 Å². The molecule has 4 nitrogen and oxygen atoms in total. The molecule has 1 aromatic carbocycles. The van der Waals surface area contributed by atoms with Gasteiger partial charge in [0.05, 0.1) is 18.3 Å². The van der Waals surface area contributed by atoms with E-state index in [-0.39, 0.29) is 18.1 Å². The highest BCUT2D eigenvalue weighted by molar-refractivity contribution is 5.92. The number of halogens is 1. The van der Waals surface area contributed by atoms with Crippen molar-refractivity contribution in [1.82, 2.24) is 4.98 Å². The fourth-order valence-electron chi connectivity index (χ4n) is 3.05. The Balaban J connectivity index is 1.52. The van der Waals surface area contributed by atoms with Gasteiger partial charge in [-0.05, 0) is 42.7 Å². The Labute approximate surface area is 141 Å². The molecule has 24 heavy (non-hydrogen) atoms. The maximum Gasteiger partial charge on any atom is 0.228 e. The van der Waals surface area contributed by atoms with Crippen LogP contribution < -0.4 is 10.6 Å². The lowest BCUT2D eigenvalue weighted by Crippen LogP contribution is -2.22. The summed E-state index contributed by atoms with van der Waals surface area (Å²) in [4.78, 5) is 16.4. The van der Waals surface area contributed by atoms with Crippen LogP contribution in [-0.2, 0) is 11.2 Å². The number of rotatable bonds is 5. The van der Waals surface area contributed by atoms with Crippen LogP contribution in [0.25, 0.3) is 0 Å². The number of hydrogen-bond acceptors (Lipinski definition) is 3. The molecule has 5 heteroatoms. The molecular formula is C19H22FN3O. The second kappa shape index (κ2) is 7.90. The van der Waals surface area contributed by atoms with Crippen LogP contribution >= 0.6 is 0 Å². The summed E-state index contributed by atoms with van der Waals surface area (Å²) in [6.45, 7) is 0. The van der Waals surface area contributed by atoms with Crippen LogP contribution in [0.3, 0.4) is 0 Å². The number of benzene rings is 1. The molecule has 2 aromatic rings. The number of nitrogens with one attached hydrogen (secondary N) is 2. The molecule has 0 radical (unpaired) electrons. The van der Waals surface area contributed by atoms with Gasteiger partial charge in [0.15, 0.2) is 0 Å². The van der Waals surface area contributed by atoms with Crippen molar-refractivity contribution in [2.45, 2.75) is 44.6 Å². The molecule has 126 valence electrons. The van der Waals surface area contributed by atoms with Gasteiger partial charge in [-0.3, -0.25) is 4.79 Å². The molecule has 1 heterocycles. The molecule has 0 bridgehead atoms. The summed E-state index contributed by atoms with van der Waals surface area (Å²) < 4.78 is 13.1. The molecule has 1 fully saturated rings. The van der Waals surface area contributed by atoms with Crippen molar-refractivity contribution < 1.29 is 9.18 Å². The van der Waals surface area contributed by atoms with Crippen LogP contribution in [0.15, 0.2) is 42.6 Å². The zero-order valence-corrected chi connectivity index (χ0v) is 13.6. The van der Waals surface area contributed by atoms with Crippen molar-refractivity contribution in [3.63, 3.8) is 0 Å². The molecule has 0 atom stereocenters. The lowest BCUT2D eigenvalue weighted by atomic mass is 9.95. The highest BCUT2D eigenvalue weighted by atomic mass is 19.1. The molecule has 0 spiro atoms. The van der Waals surface area contributed by atoms with E-state index < -0.39 is 0 Å². The second-order valence-electron chi connectivity index (χ2n) is 6.27. The Bertz CT molecular complexity index is 681. The first-order chi connectivity index (χ1) is 11.7. The molecular weight excluding hydrogens is 305 g/mol. The number of anilines is 2. The fraction of sp³-hybridized carbons (Fsp3) is 0.368. The molecule has 3 rings (SSSR count). The molecule has 0 saturated heterocycles. The maximum atomic E-state index is 13.1. The minimum absolute atomic E-state index is 0.139. The first-order valence-corrected chi connectivity index (χ1v) is 8.46. The van der Waals surface area contributed by atoms with Gasteiger partial charge in [-0.2, -0.15) is 0 Å².